The Hall–Kier alpha value is -1.23. The van der Waals surface area contributed by atoms with E-state index in [0.717, 1.165) is 0 Å². The average molecular weight is 204 g/mol. The van der Waals surface area contributed by atoms with E-state index in [9.17, 15) is 4.79 Å². The van der Waals surface area contributed by atoms with E-state index in [1.807, 2.05) is 0 Å². The van der Waals surface area contributed by atoms with Gasteiger partial charge in [0.25, 0.3) is 0 Å². The van der Waals surface area contributed by atoms with Gasteiger partial charge in [0, 0.05) is 7.05 Å². The highest BCUT2D eigenvalue weighted by atomic mass is 35.5. The number of hydrogen-bond acceptors (Lipinski definition) is 4. The molecule has 72 valence electrons. The molecule has 0 bridgehead atoms. The van der Waals surface area contributed by atoms with Gasteiger partial charge in [-0.3, -0.25) is 5.10 Å². The first-order valence-corrected chi connectivity index (χ1v) is 4.17. The largest absolute Gasteiger partial charge is 0.461 e. The molecule has 13 heavy (non-hydrogen) atoms. The second-order valence-corrected chi connectivity index (χ2v) is 2.61. The van der Waals surface area contributed by atoms with E-state index in [1.54, 1.807) is 14.0 Å². The van der Waals surface area contributed by atoms with Crippen molar-refractivity contribution in [3.05, 3.63) is 10.7 Å². The number of aromatic nitrogens is 2. The number of aromatic amines is 1. The molecule has 0 aliphatic rings. The van der Waals surface area contributed by atoms with Crippen molar-refractivity contribution < 1.29 is 9.53 Å². The van der Waals surface area contributed by atoms with Crippen LogP contribution >= 0.6 is 11.6 Å². The van der Waals surface area contributed by atoms with Crippen LogP contribution in [0.2, 0.25) is 5.02 Å². The van der Waals surface area contributed by atoms with E-state index in [-0.39, 0.29) is 10.7 Å². The molecule has 0 atom stereocenters. The number of carbonyl (C=O) groups excluding carboxylic acids is 1. The number of nitrogens with zero attached hydrogens (tertiary/aromatic N) is 1. The number of halogens is 1. The molecular weight excluding hydrogens is 194 g/mol. The summed E-state index contributed by atoms with van der Waals surface area (Å²) in [6.07, 6.45) is 0. The second kappa shape index (κ2) is 4.13. The molecule has 0 aromatic carbocycles. The SMILES string of the molecule is CCOC(=O)c1[nH]nc(NC)c1Cl. The van der Waals surface area contributed by atoms with Crippen LogP contribution in [0, 0.1) is 0 Å². The van der Waals surface area contributed by atoms with Gasteiger partial charge in [0.2, 0.25) is 0 Å². The Bertz CT molecular complexity index is 311. The molecule has 1 heterocycles. The van der Waals surface area contributed by atoms with Crippen molar-refractivity contribution in [2.45, 2.75) is 6.92 Å². The third-order valence-corrected chi connectivity index (χ3v) is 1.79. The molecule has 0 amide bonds. The molecule has 0 radical (unpaired) electrons. The quantitative estimate of drug-likeness (QED) is 0.727. The minimum Gasteiger partial charge on any atom is -0.461 e. The Morgan fingerprint density at radius 2 is 2.46 bits per heavy atom. The lowest BCUT2D eigenvalue weighted by molar-refractivity contribution is 0.0519. The fraction of sp³-hybridized carbons (Fsp3) is 0.429. The van der Waals surface area contributed by atoms with Crippen molar-refractivity contribution in [1.82, 2.24) is 10.2 Å². The van der Waals surface area contributed by atoms with Crippen LogP contribution in [0.3, 0.4) is 0 Å². The highest BCUT2D eigenvalue weighted by Crippen LogP contribution is 2.22. The van der Waals surface area contributed by atoms with Gasteiger partial charge in [0.1, 0.15) is 5.02 Å². The fourth-order valence-electron chi connectivity index (χ4n) is 0.833. The van der Waals surface area contributed by atoms with Crippen LogP contribution < -0.4 is 5.32 Å². The number of rotatable bonds is 3. The van der Waals surface area contributed by atoms with Crippen molar-refractivity contribution >= 4 is 23.4 Å². The number of anilines is 1. The molecule has 2 N–H and O–H groups in total. The highest BCUT2D eigenvalue weighted by molar-refractivity contribution is 6.35. The summed E-state index contributed by atoms with van der Waals surface area (Å²) in [5.74, 6) is -0.0637. The summed E-state index contributed by atoms with van der Waals surface area (Å²) in [5.41, 5.74) is 0.174. The van der Waals surface area contributed by atoms with Gasteiger partial charge in [-0.15, -0.1) is 0 Å². The highest BCUT2D eigenvalue weighted by Gasteiger charge is 2.17. The zero-order valence-electron chi connectivity index (χ0n) is 7.35. The van der Waals surface area contributed by atoms with E-state index in [0.29, 0.717) is 12.4 Å². The molecule has 0 saturated heterocycles. The van der Waals surface area contributed by atoms with E-state index in [1.165, 1.54) is 0 Å². The lowest BCUT2D eigenvalue weighted by atomic mass is 10.4. The molecule has 0 saturated carbocycles. The molecule has 0 unspecified atom stereocenters. The standard InChI is InChI=1S/C7H10ClN3O2/c1-3-13-7(12)5-4(8)6(9-2)11-10-5/h3H2,1-2H3,(H2,9,10,11). The summed E-state index contributed by atoms with van der Waals surface area (Å²) in [7, 11) is 1.66. The smallest absolute Gasteiger partial charge is 0.357 e. The van der Waals surface area contributed by atoms with Crippen molar-refractivity contribution in [2.24, 2.45) is 0 Å². The third-order valence-electron chi connectivity index (χ3n) is 1.42. The van der Waals surface area contributed by atoms with Gasteiger partial charge >= 0.3 is 5.97 Å². The third kappa shape index (κ3) is 1.92. The molecule has 0 aliphatic carbocycles. The van der Waals surface area contributed by atoms with Crippen LogP contribution in [0.25, 0.3) is 0 Å². The van der Waals surface area contributed by atoms with Gasteiger partial charge in [0.15, 0.2) is 11.5 Å². The zero-order valence-corrected chi connectivity index (χ0v) is 8.10. The molecule has 1 aromatic rings. The Labute approximate surface area is 80.4 Å². The van der Waals surface area contributed by atoms with Crippen molar-refractivity contribution in [3.8, 4) is 0 Å². The Morgan fingerprint density at radius 3 is 2.92 bits per heavy atom. The number of carbonyl (C=O) groups is 1. The fourth-order valence-corrected chi connectivity index (χ4v) is 1.09. The van der Waals surface area contributed by atoms with Gasteiger partial charge in [-0.2, -0.15) is 5.10 Å². The Kier molecular flexibility index (Phi) is 3.13. The Morgan fingerprint density at radius 1 is 1.77 bits per heavy atom. The lowest BCUT2D eigenvalue weighted by Crippen LogP contribution is -2.05. The maximum atomic E-state index is 11.2. The lowest BCUT2D eigenvalue weighted by Gasteiger charge is -1.98. The molecule has 1 rings (SSSR count). The number of nitrogens with one attached hydrogen (secondary N) is 2. The normalized spacial score (nSPS) is 9.77. The zero-order chi connectivity index (χ0) is 9.84. The molecular formula is C7H10ClN3O2. The van der Waals surface area contributed by atoms with Crippen LogP contribution in [0.5, 0.6) is 0 Å². The van der Waals surface area contributed by atoms with Crippen LogP contribution in [-0.4, -0.2) is 29.8 Å². The Balaban J connectivity index is 2.89. The summed E-state index contributed by atoms with van der Waals surface area (Å²) in [4.78, 5) is 11.2. The predicted octanol–water partition coefficient (Wildman–Crippen LogP) is 1.28. The van der Waals surface area contributed by atoms with Crippen molar-refractivity contribution in [3.63, 3.8) is 0 Å². The summed E-state index contributed by atoms with van der Waals surface area (Å²) in [6.45, 7) is 2.03. The van der Waals surface area contributed by atoms with Gasteiger partial charge in [-0.05, 0) is 6.92 Å². The minimum absolute atomic E-state index is 0.174. The molecule has 0 spiro atoms. The summed E-state index contributed by atoms with van der Waals surface area (Å²) >= 11 is 5.80. The molecule has 0 fully saturated rings. The summed E-state index contributed by atoms with van der Waals surface area (Å²) < 4.78 is 4.74. The monoisotopic (exact) mass is 203 g/mol. The number of hydrogen-bond donors (Lipinski definition) is 2. The van der Waals surface area contributed by atoms with Crippen molar-refractivity contribution in [2.75, 3.05) is 19.0 Å². The summed E-state index contributed by atoms with van der Waals surface area (Å²) in [6, 6.07) is 0. The summed E-state index contributed by atoms with van der Waals surface area (Å²) in [5, 5.41) is 9.24. The maximum Gasteiger partial charge on any atom is 0.357 e. The topological polar surface area (TPSA) is 67.0 Å². The number of ether oxygens (including phenoxy) is 1. The molecule has 6 heteroatoms. The van der Waals surface area contributed by atoms with E-state index in [4.69, 9.17) is 16.3 Å². The molecule has 0 aliphatic heterocycles. The average Bonchev–Trinajstić information content (AvgIpc) is 2.47. The van der Waals surface area contributed by atoms with Gasteiger partial charge in [-0.25, -0.2) is 4.79 Å². The van der Waals surface area contributed by atoms with E-state index >= 15 is 0 Å². The van der Waals surface area contributed by atoms with E-state index in [2.05, 4.69) is 15.5 Å². The first kappa shape index (κ1) is 9.85. The van der Waals surface area contributed by atoms with Crippen LogP contribution in [-0.2, 0) is 4.74 Å². The van der Waals surface area contributed by atoms with Crippen LogP contribution in [0.1, 0.15) is 17.4 Å². The van der Waals surface area contributed by atoms with Crippen LogP contribution in [0.15, 0.2) is 0 Å². The molecule has 1 aromatic heterocycles. The van der Waals surface area contributed by atoms with Crippen molar-refractivity contribution in [1.29, 1.82) is 0 Å². The number of esters is 1. The second-order valence-electron chi connectivity index (χ2n) is 2.23. The minimum atomic E-state index is -0.499. The number of H-pyrrole nitrogens is 1. The first-order chi connectivity index (χ1) is 6.20. The van der Waals surface area contributed by atoms with Gasteiger partial charge < -0.3 is 10.1 Å². The van der Waals surface area contributed by atoms with Gasteiger partial charge in [-0.1, -0.05) is 11.6 Å². The van der Waals surface area contributed by atoms with Crippen LogP contribution in [0.4, 0.5) is 5.82 Å². The first-order valence-electron chi connectivity index (χ1n) is 3.79. The molecule has 5 nitrogen and oxygen atoms in total. The van der Waals surface area contributed by atoms with Gasteiger partial charge in [0.05, 0.1) is 6.61 Å². The predicted molar refractivity (Wildman–Crippen MR) is 49.1 cm³/mol. The maximum absolute atomic E-state index is 11.2. The van der Waals surface area contributed by atoms with E-state index < -0.39 is 5.97 Å².